The van der Waals surface area contributed by atoms with Gasteiger partial charge in [0.05, 0.1) is 28.2 Å². The van der Waals surface area contributed by atoms with E-state index < -0.39 is 0 Å². The number of benzene rings is 2. The molecule has 0 saturated heterocycles. The number of anilines is 1. The Labute approximate surface area is 172 Å². The molecule has 0 aliphatic carbocycles. The Morgan fingerprint density at radius 1 is 1.17 bits per heavy atom. The Kier molecular flexibility index (Phi) is 5.27. The Morgan fingerprint density at radius 2 is 1.93 bits per heavy atom. The Hall–Kier alpha value is -3.63. The number of rotatable bonds is 5. The lowest BCUT2D eigenvalue weighted by atomic mass is 10.1. The van der Waals surface area contributed by atoms with Crippen LogP contribution in [0.2, 0.25) is 0 Å². The van der Waals surface area contributed by atoms with Gasteiger partial charge in [-0.05, 0) is 36.8 Å². The summed E-state index contributed by atoms with van der Waals surface area (Å²) in [5.74, 6) is 0.319. The molecule has 1 amide bonds. The molecule has 2 aromatic heterocycles. The maximum Gasteiger partial charge on any atom is 0.235 e. The van der Waals surface area contributed by atoms with E-state index in [1.165, 1.54) is 18.0 Å². The summed E-state index contributed by atoms with van der Waals surface area (Å²) in [7, 11) is 0. The van der Waals surface area contributed by atoms with Gasteiger partial charge < -0.3 is 5.32 Å². The summed E-state index contributed by atoms with van der Waals surface area (Å²) in [6.07, 6.45) is 1.45. The van der Waals surface area contributed by atoms with E-state index >= 15 is 0 Å². The number of nitriles is 1. The summed E-state index contributed by atoms with van der Waals surface area (Å²) < 4.78 is 1.56. The average molecular weight is 399 g/mol. The zero-order valence-electron chi connectivity index (χ0n) is 15.7. The number of para-hydroxylation sites is 2. The van der Waals surface area contributed by atoms with Crippen molar-refractivity contribution in [1.82, 2.24) is 14.8 Å². The summed E-state index contributed by atoms with van der Waals surface area (Å²) in [6, 6.07) is 21.4. The highest BCUT2D eigenvalue weighted by Gasteiger charge is 2.15. The van der Waals surface area contributed by atoms with E-state index in [0.29, 0.717) is 11.4 Å². The lowest BCUT2D eigenvalue weighted by molar-refractivity contribution is -0.113. The molecule has 29 heavy (non-hydrogen) atoms. The number of nitrogens with one attached hydrogen (secondary N) is 1. The van der Waals surface area contributed by atoms with Gasteiger partial charge in [0.2, 0.25) is 5.91 Å². The van der Waals surface area contributed by atoms with Crippen LogP contribution < -0.4 is 5.32 Å². The van der Waals surface area contributed by atoms with Crippen LogP contribution in [0.5, 0.6) is 0 Å². The quantitative estimate of drug-likeness (QED) is 0.505. The molecule has 0 bridgehead atoms. The van der Waals surface area contributed by atoms with Gasteiger partial charge >= 0.3 is 0 Å². The van der Waals surface area contributed by atoms with Crippen LogP contribution in [-0.4, -0.2) is 26.4 Å². The molecule has 142 valence electrons. The number of hydrogen-bond acceptors (Lipinski definition) is 5. The van der Waals surface area contributed by atoms with Crippen molar-refractivity contribution < 1.29 is 4.79 Å². The average Bonchev–Trinajstić information content (AvgIpc) is 3.15. The van der Waals surface area contributed by atoms with E-state index in [2.05, 4.69) is 21.5 Å². The summed E-state index contributed by atoms with van der Waals surface area (Å²) in [5.41, 5.74) is 3.10. The zero-order valence-corrected chi connectivity index (χ0v) is 16.5. The predicted molar refractivity (Wildman–Crippen MR) is 114 cm³/mol. The van der Waals surface area contributed by atoms with Crippen molar-refractivity contribution >= 4 is 34.4 Å². The lowest BCUT2D eigenvalue weighted by Crippen LogP contribution is -2.17. The number of nitrogens with zero attached hydrogens (tertiary/aromatic N) is 4. The second-order valence-electron chi connectivity index (χ2n) is 6.40. The molecule has 0 fully saturated rings. The van der Waals surface area contributed by atoms with Crippen LogP contribution in [-0.2, 0) is 4.79 Å². The number of thioether (sulfide) groups is 1. The molecule has 0 radical (unpaired) electrons. The van der Waals surface area contributed by atoms with E-state index in [0.717, 1.165) is 27.2 Å². The minimum atomic E-state index is -0.225. The van der Waals surface area contributed by atoms with Crippen molar-refractivity contribution in [3.63, 3.8) is 0 Å². The van der Waals surface area contributed by atoms with Crippen LogP contribution in [0, 0.1) is 18.3 Å². The van der Waals surface area contributed by atoms with Gasteiger partial charge in [0.15, 0.2) is 5.82 Å². The van der Waals surface area contributed by atoms with Crippen LogP contribution >= 0.6 is 11.8 Å². The van der Waals surface area contributed by atoms with Crippen molar-refractivity contribution in [1.29, 1.82) is 5.26 Å². The van der Waals surface area contributed by atoms with Crippen molar-refractivity contribution in [2.75, 3.05) is 11.1 Å². The van der Waals surface area contributed by atoms with Crippen LogP contribution in [0.4, 0.5) is 5.82 Å². The van der Waals surface area contributed by atoms with Gasteiger partial charge in [-0.15, -0.1) is 0 Å². The topological polar surface area (TPSA) is 83.6 Å². The second kappa shape index (κ2) is 8.17. The molecule has 0 spiro atoms. The van der Waals surface area contributed by atoms with E-state index in [9.17, 15) is 10.1 Å². The fourth-order valence-electron chi connectivity index (χ4n) is 3.02. The third-order valence-corrected chi connectivity index (χ3v) is 5.31. The van der Waals surface area contributed by atoms with Gasteiger partial charge in [0.25, 0.3) is 0 Å². The number of fused-ring (bicyclic) bond motifs is 1. The maximum absolute atomic E-state index is 12.6. The molecule has 2 heterocycles. The number of carbonyl (C=O) groups is 1. The molecule has 0 atom stereocenters. The third-order valence-electron chi connectivity index (χ3n) is 4.40. The van der Waals surface area contributed by atoms with Gasteiger partial charge in [-0.25, -0.2) is 9.67 Å². The van der Waals surface area contributed by atoms with Gasteiger partial charge in [0, 0.05) is 5.39 Å². The number of hydrogen-bond donors (Lipinski definition) is 1. The SMILES string of the molecule is Cc1cc(SCC(=O)Nc2c(C#N)cnn2-c2ccccc2)nc2ccccc12. The minimum Gasteiger partial charge on any atom is -0.309 e. The first kappa shape index (κ1) is 18.7. The number of carbonyl (C=O) groups excluding carboxylic acids is 1. The highest BCUT2D eigenvalue weighted by Crippen LogP contribution is 2.24. The summed E-state index contributed by atoms with van der Waals surface area (Å²) in [5, 5.41) is 18.3. The highest BCUT2D eigenvalue weighted by molar-refractivity contribution is 7.99. The summed E-state index contributed by atoms with van der Waals surface area (Å²) >= 11 is 1.36. The fraction of sp³-hybridized carbons (Fsp3) is 0.0909. The monoisotopic (exact) mass is 399 g/mol. The number of aryl methyl sites for hydroxylation is 1. The zero-order chi connectivity index (χ0) is 20.2. The Bertz CT molecular complexity index is 1230. The number of pyridine rings is 1. The maximum atomic E-state index is 12.6. The van der Waals surface area contributed by atoms with Gasteiger partial charge in [-0.3, -0.25) is 4.79 Å². The van der Waals surface area contributed by atoms with Gasteiger partial charge in [-0.2, -0.15) is 10.4 Å². The molecule has 6 nitrogen and oxygen atoms in total. The van der Waals surface area contributed by atoms with Gasteiger partial charge in [0.1, 0.15) is 11.6 Å². The molecule has 0 aliphatic rings. The normalized spacial score (nSPS) is 10.6. The smallest absolute Gasteiger partial charge is 0.235 e. The predicted octanol–water partition coefficient (Wildman–Crippen LogP) is 4.33. The van der Waals surface area contributed by atoms with Crippen LogP contribution in [0.15, 0.2) is 71.9 Å². The fourth-order valence-corrected chi connectivity index (χ4v) is 3.79. The van der Waals surface area contributed by atoms with Crippen molar-refractivity contribution in [2.45, 2.75) is 11.9 Å². The first-order valence-corrected chi connectivity index (χ1v) is 9.97. The van der Waals surface area contributed by atoms with E-state index in [4.69, 9.17) is 0 Å². The molecule has 1 N–H and O–H groups in total. The molecule has 4 aromatic rings. The third kappa shape index (κ3) is 3.98. The Morgan fingerprint density at radius 3 is 2.72 bits per heavy atom. The molecule has 0 unspecified atom stereocenters. The molecule has 2 aromatic carbocycles. The second-order valence-corrected chi connectivity index (χ2v) is 7.39. The van der Waals surface area contributed by atoms with Crippen molar-refractivity contribution in [2.24, 2.45) is 0 Å². The van der Waals surface area contributed by atoms with Crippen LogP contribution in [0.1, 0.15) is 11.1 Å². The first-order chi connectivity index (χ1) is 14.2. The molecule has 0 saturated carbocycles. The molecular weight excluding hydrogens is 382 g/mol. The standard InChI is InChI=1S/C22H17N5OS/c1-15-11-21(25-19-10-6-5-9-18(15)19)29-14-20(28)26-22-16(12-23)13-24-27(22)17-7-3-2-4-8-17/h2-11,13H,14H2,1H3,(H,26,28). The van der Waals surface area contributed by atoms with Crippen LogP contribution in [0.25, 0.3) is 16.6 Å². The van der Waals surface area contributed by atoms with Gasteiger partial charge in [-0.1, -0.05) is 48.2 Å². The van der Waals surface area contributed by atoms with E-state index in [1.807, 2.05) is 67.6 Å². The molecule has 4 rings (SSSR count). The Balaban J connectivity index is 1.51. The number of aromatic nitrogens is 3. The molecule has 7 heteroatoms. The van der Waals surface area contributed by atoms with Crippen molar-refractivity contribution in [3.8, 4) is 11.8 Å². The highest BCUT2D eigenvalue weighted by atomic mass is 32.2. The van der Waals surface area contributed by atoms with Crippen LogP contribution in [0.3, 0.4) is 0 Å². The summed E-state index contributed by atoms with van der Waals surface area (Å²) in [4.78, 5) is 17.2. The lowest BCUT2D eigenvalue weighted by Gasteiger charge is -2.10. The largest absolute Gasteiger partial charge is 0.309 e. The first-order valence-electron chi connectivity index (χ1n) is 8.98. The minimum absolute atomic E-state index is 0.176. The van der Waals surface area contributed by atoms with E-state index in [-0.39, 0.29) is 11.7 Å². The van der Waals surface area contributed by atoms with Crippen molar-refractivity contribution in [3.05, 3.63) is 78.0 Å². The van der Waals surface area contributed by atoms with E-state index in [1.54, 1.807) is 4.68 Å². The molecule has 0 aliphatic heterocycles. The number of amides is 1. The molecular formula is C22H17N5OS. The summed E-state index contributed by atoms with van der Waals surface area (Å²) in [6.45, 7) is 2.03.